The van der Waals surface area contributed by atoms with Gasteiger partial charge in [-0.2, -0.15) is 0 Å². The summed E-state index contributed by atoms with van der Waals surface area (Å²) >= 11 is 5.94. The lowest BCUT2D eigenvalue weighted by Gasteiger charge is -2.43. The van der Waals surface area contributed by atoms with E-state index in [1.165, 1.54) is 0 Å². The predicted octanol–water partition coefficient (Wildman–Crippen LogP) is 2.02. The fourth-order valence-corrected chi connectivity index (χ4v) is 3.92. The monoisotopic (exact) mass is 391 g/mol. The van der Waals surface area contributed by atoms with Crippen LogP contribution in [0, 0.1) is 12.3 Å². The summed E-state index contributed by atoms with van der Waals surface area (Å²) in [7, 11) is 0. The van der Waals surface area contributed by atoms with Gasteiger partial charge >= 0.3 is 0 Å². The summed E-state index contributed by atoms with van der Waals surface area (Å²) in [6, 6.07) is 5.18. The number of likely N-dealkylation sites (tertiary alicyclic amines) is 1. The van der Waals surface area contributed by atoms with Gasteiger partial charge in [0.1, 0.15) is 6.42 Å². The molecule has 4 amide bonds. The molecule has 0 radical (unpaired) electrons. The summed E-state index contributed by atoms with van der Waals surface area (Å²) in [4.78, 5) is 49.6. The molecule has 0 aliphatic carbocycles. The molecule has 2 saturated heterocycles. The molecule has 3 rings (SSSR count). The molecule has 27 heavy (non-hydrogen) atoms. The molecule has 1 aromatic rings. The van der Waals surface area contributed by atoms with Crippen LogP contribution in [0.2, 0.25) is 5.02 Å². The van der Waals surface area contributed by atoms with Crippen molar-refractivity contribution in [2.45, 2.75) is 39.0 Å². The summed E-state index contributed by atoms with van der Waals surface area (Å²) in [6.45, 7) is 2.74. The molecule has 2 N–H and O–H groups in total. The average Bonchev–Trinajstić information content (AvgIpc) is 2.57. The lowest BCUT2D eigenvalue weighted by Crippen LogP contribution is -2.51. The zero-order chi connectivity index (χ0) is 19.6. The largest absolute Gasteiger partial charge is 0.342 e. The molecule has 2 fully saturated rings. The van der Waals surface area contributed by atoms with Gasteiger partial charge in [-0.15, -0.1) is 0 Å². The number of imide groups is 1. The number of aryl methyl sites for hydroxylation is 1. The Morgan fingerprint density at radius 3 is 2.44 bits per heavy atom. The van der Waals surface area contributed by atoms with E-state index >= 15 is 0 Å². The fraction of sp³-hybridized carbons (Fsp3) is 0.474. The summed E-state index contributed by atoms with van der Waals surface area (Å²) in [5, 5.41) is 5.55. The molecule has 1 aromatic carbocycles. The number of carbonyl (C=O) groups excluding carboxylic acids is 4. The SMILES string of the molecule is Cc1ccc(Cl)cc1NC(=O)CC(=O)N1CCC2(CC1)CC(=O)NC(=O)C2. The first-order chi connectivity index (χ1) is 12.8. The van der Waals surface area contributed by atoms with Crippen LogP contribution < -0.4 is 10.6 Å². The van der Waals surface area contributed by atoms with Crippen molar-refractivity contribution in [2.75, 3.05) is 18.4 Å². The highest BCUT2D eigenvalue weighted by molar-refractivity contribution is 6.31. The van der Waals surface area contributed by atoms with Gasteiger partial charge in [-0.1, -0.05) is 17.7 Å². The van der Waals surface area contributed by atoms with Gasteiger partial charge in [0, 0.05) is 36.6 Å². The zero-order valence-corrected chi connectivity index (χ0v) is 15.9. The number of carbonyl (C=O) groups is 4. The Hall–Kier alpha value is -2.41. The second-order valence-electron chi connectivity index (χ2n) is 7.39. The van der Waals surface area contributed by atoms with E-state index in [2.05, 4.69) is 10.6 Å². The maximum Gasteiger partial charge on any atom is 0.233 e. The topological polar surface area (TPSA) is 95.6 Å². The smallest absolute Gasteiger partial charge is 0.233 e. The van der Waals surface area contributed by atoms with Crippen LogP contribution in [0.15, 0.2) is 18.2 Å². The number of benzene rings is 1. The molecule has 2 heterocycles. The van der Waals surface area contributed by atoms with Gasteiger partial charge in [-0.05, 0) is 42.9 Å². The van der Waals surface area contributed by atoms with Gasteiger partial charge in [0.05, 0.1) is 0 Å². The Morgan fingerprint density at radius 2 is 1.81 bits per heavy atom. The number of rotatable bonds is 3. The van der Waals surface area contributed by atoms with Crippen LogP contribution in [0.5, 0.6) is 0 Å². The quantitative estimate of drug-likeness (QED) is 0.608. The summed E-state index contributed by atoms with van der Waals surface area (Å²) < 4.78 is 0. The average molecular weight is 392 g/mol. The number of hydrogen-bond donors (Lipinski definition) is 2. The molecule has 144 valence electrons. The van der Waals surface area contributed by atoms with Crippen LogP contribution in [0.25, 0.3) is 0 Å². The Kier molecular flexibility index (Phi) is 5.51. The van der Waals surface area contributed by atoms with E-state index in [0.717, 1.165) is 5.56 Å². The van der Waals surface area contributed by atoms with Gasteiger partial charge in [-0.3, -0.25) is 24.5 Å². The number of halogens is 1. The maximum absolute atomic E-state index is 12.4. The highest BCUT2D eigenvalue weighted by atomic mass is 35.5. The maximum atomic E-state index is 12.4. The Morgan fingerprint density at radius 1 is 1.19 bits per heavy atom. The van der Waals surface area contributed by atoms with E-state index in [0.29, 0.717) is 49.5 Å². The van der Waals surface area contributed by atoms with E-state index in [9.17, 15) is 19.2 Å². The van der Waals surface area contributed by atoms with E-state index in [1.54, 1.807) is 23.1 Å². The first-order valence-corrected chi connectivity index (χ1v) is 9.31. The normalized spacial score (nSPS) is 19.0. The van der Waals surface area contributed by atoms with E-state index in [4.69, 9.17) is 11.6 Å². The minimum Gasteiger partial charge on any atom is -0.342 e. The fourth-order valence-electron chi connectivity index (χ4n) is 3.74. The number of amides is 4. The van der Waals surface area contributed by atoms with Crippen LogP contribution in [0.4, 0.5) is 5.69 Å². The lowest BCUT2D eigenvalue weighted by molar-refractivity contribution is -0.141. The number of hydrogen-bond acceptors (Lipinski definition) is 4. The first-order valence-electron chi connectivity index (χ1n) is 8.93. The molecule has 0 unspecified atom stereocenters. The van der Waals surface area contributed by atoms with Gasteiger partial charge in [-0.25, -0.2) is 0 Å². The second kappa shape index (κ2) is 7.68. The minimum absolute atomic E-state index is 0.248. The van der Waals surface area contributed by atoms with Crippen LogP contribution in [-0.2, 0) is 19.2 Å². The van der Waals surface area contributed by atoms with Crippen LogP contribution in [0.1, 0.15) is 37.7 Å². The lowest BCUT2D eigenvalue weighted by atomic mass is 9.71. The molecule has 0 saturated carbocycles. The third-order valence-electron chi connectivity index (χ3n) is 5.31. The van der Waals surface area contributed by atoms with Crippen LogP contribution in [-0.4, -0.2) is 41.6 Å². The van der Waals surface area contributed by atoms with Crippen molar-refractivity contribution >= 4 is 40.9 Å². The van der Waals surface area contributed by atoms with Crippen molar-refractivity contribution in [3.63, 3.8) is 0 Å². The zero-order valence-electron chi connectivity index (χ0n) is 15.1. The van der Waals surface area contributed by atoms with Crippen LogP contribution >= 0.6 is 11.6 Å². The highest BCUT2D eigenvalue weighted by Gasteiger charge is 2.42. The van der Waals surface area contributed by atoms with Crippen molar-refractivity contribution < 1.29 is 19.2 Å². The highest BCUT2D eigenvalue weighted by Crippen LogP contribution is 2.40. The van der Waals surface area contributed by atoms with Crippen molar-refractivity contribution in [3.05, 3.63) is 28.8 Å². The van der Waals surface area contributed by atoms with Crippen molar-refractivity contribution in [3.8, 4) is 0 Å². The van der Waals surface area contributed by atoms with E-state index in [1.807, 2.05) is 6.92 Å². The Bertz CT molecular complexity index is 782. The van der Waals surface area contributed by atoms with E-state index < -0.39 is 5.91 Å². The molecule has 2 aliphatic rings. The van der Waals surface area contributed by atoms with Gasteiger partial charge < -0.3 is 10.2 Å². The van der Waals surface area contributed by atoms with Gasteiger partial charge in [0.15, 0.2) is 0 Å². The summed E-state index contributed by atoms with van der Waals surface area (Å²) in [5.74, 6) is -1.14. The molecular formula is C19H22ClN3O4. The van der Waals surface area contributed by atoms with Crippen molar-refractivity contribution in [1.82, 2.24) is 10.2 Å². The number of nitrogens with zero attached hydrogens (tertiary/aromatic N) is 1. The molecule has 0 aromatic heterocycles. The molecule has 1 spiro atoms. The molecule has 2 aliphatic heterocycles. The first kappa shape index (κ1) is 19.4. The standard InChI is InChI=1S/C19H22ClN3O4/c1-12-2-3-13(20)8-14(12)21-15(24)9-18(27)23-6-4-19(5-7-23)10-16(25)22-17(26)11-19/h2-3,8H,4-7,9-11H2,1H3,(H,21,24)(H,22,25,26). The summed E-state index contributed by atoms with van der Waals surface area (Å²) in [5.41, 5.74) is 1.10. The molecule has 7 nitrogen and oxygen atoms in total. The number of piperidine rings is 2. The van der Waals surface area contributed by atoms with Crippen molar-refractivity contribution in [1.29, 1.82) is 0 Å². The molecular weight excluding hydrogens is 370 g/mol. The number of nitrogens with one attached hydrogen (secondary N) is 2. The molecule has 0 atom stereocenters. The Labute approximate surface area is 162 Å². The Balaban J connectivity index is 1.53. The van der Waals surface area contributed by atoms with Crippen LogP contribution in [0.3, 0.4) is 0 Å². The third kappa shape index (κ3) is 4.66. The van der Waals surface area contributed by atoms with Crippen molar-refractivity contribution in [2.24, 2.45) is 5.41 Å². The molecule has 8 heteroatoms. The number of anilines is 1. The third-order valence-corrected chi connectivity index (χ3v) is 5.55. The second-order valence-corrected chi connectivity index (χ2v) is 7.83. The summed E-state index contributed by atoms with van der Waals surface area (Å²) in [6.07, 6.45) is 1.56. The molecule has 0 bridgehead atoms. The van der Waals surface area contributed by atoms with Gasteiger partial charge in [0.25, 0.3) is 0 Å². The van der Waals surface area contributed by atoms with E-state index in [-0.39, 0.29) is 29.6 Å². The predicted molar refractivity (Wildman–Crippen MR) is 100 cm³/mol. The minimum atomic E-state index is -0.391. The van der Waals surface area contributed by atoms with Gasteiger partial charge in [0.2, 0.25) is 23.6 Å².